The number of aliphatic carboxylic acids is 7. The van der Waals surface area contributed by atoms with E-state index in [0.717, 1.165) is 48.5 Å². The smallest absolute Gasteiger partial charge is 0.300 e. The van der Waals surface area contributed by atoms with E-state index in [2.05, 4.69) is 0 Å². The van der Waals surface area contributed by atoms with E-state index >= 15 is 0 Å². The summed E-state index contributed by atoms with van der Waals surface area (Å²) >= 11 is 0. The van der Waals surface area contributed by atoms with Gasteiger partial charge in [0.05, 0.1) is 0 Å². The second-order valence-corrected chi connectivity index (χ2v) is 3.63. The van der Waals surface area contributed by atoms with Crippen molar-refractivity contribution < 1.29 is 150 Å². The van der Waals surface area contributed by atoms with Crippen LogP contribution < -0.4 is 0 Å². The number of hydrogen-bond acceptors (Lipinski definition) is 7. The van der Waals surface area contributed by atoms with Crippen LogP contribution in [0.1, 0.15) is 48.5 Å². The van der Waals surface area contributed by atoms with Crippen LogP contribution >= 0.6 is 0 Å². The van der Waals surface area contributed by atoms with E-state index in [-0.39, 0.29) is 80.3 Å². The first-order valence-electron chi connectivity index (χ1n) is 6.49. The molecule has 0 spiro atoms. The Morgan fingerprint density at radius 1 is 0.286 bits per heavy atom. The second kappa shape index (κ2) is 85.2. The molecule has 0 aliphatic carbocycles. The molecular weight excluding hydrogens is 765 g/mol. The SMILES string of the molecule is CC(=O)O.CC(=O)O.CC(=O)O.CC(=O)O.CC(=O)O.CC(=O)O.CC(=O)O.O.O.O.O.[Rh].[Rh].[Rh]. The maximum absolute atomic E-state index is 9.00. The molecule has 0 rings (SSSR count). The first-order chi connectivity index (χ1) is 12.1. The molecule has 0 aliphatic heterocycles. The van der Waals surface area contributed by atoms with E-state index in [9.17, 15) is 0 Å². The van der Waals surface area contributed by atoms with E-state index in [1.807, 2.05) is 0 Å². The fourth-order valence-corrected chi connectivity index (χ4v) is 0. The van der Waals surface area contributed by atoms with Crippen LogP contribution in [0.5, 0.6) is 0 Å². The molecule has 0 aromatic rings. The Bertz CT molecular complexity index is 325. The molecule has 0 saturated heterocycles. The molecule has 35 heavy (non-hydrogen) atoms. The Labute approximate surface area is 239 Å². The van der Waals surface area contributed by atoms with Crippen molar-refractivity contribution in [2.75, 3.05) is 0 Å². The Balaban J connectivity index is -0.0000000119. The van der Waals surface area contributed by atoms with Crippen molar-refractivity contribution in [1.29, 1.82) is 0 Å². The van der Waals surface area contributed by atoms with Crippen molar-refractivity contribution in [1.82, 2.24) is 0 Å². The monoisotopic (exact) mass is 801 g/mol. The molecule has 0 fully saturated rings. The van der Waals surface area contributed by atoms with Crippen LogP contribution in [-0.2, 0) is 92.0 Å². The molecule has 0 heterocycles. The first-order valence-corrected chi connectivity index (χ1v) is 6.49. The summed E-state index contributed by atoms with van der Waals surface area (Å²) in [6.45, 7) is 7.58. The van der Waals surface area contributed by atoms with Crippen molar-refractivity contribution >= 4 is 41.8 Å². The van der Waals surface area contributed by atoms with Crippen LogP contribution in [0.3, 0.4) is 0 Å². The maximum atomic E-state index is 9.00. The van der Waals surface area contributed by atoms with E-state index in [0.29, 0.717) is 0 Å². The zero-order chi connectivity index (χ0) is 25.0. The number of rotatable bonds is 0. The average molecular weight is 801 g/mol. The van der Waals surface area contributed by atoms with Gasteiger partial charge < -0.3 is 57.7 Å². The standard InChI is InChI=1S/7C2H4O2.4H2O.3Rh/c7*1-2(3)4;;;;;;;/h7*1H3,(H,3,4);4*1H2;;;. The average Bonchev–Trinajstić information content (AvgIpc) is 2.20. The molecule has 15 N–H and O–H groups in total. The minimum absolute atomic E-state index is 0. The third-order valence-corrected chi connectivity index (χ3v) is 0. The molecule has 0 amide bonds. The van der Waals surface area contributed by atoms with Crippen molar-refractivity contribution in [3.05, 3.63) is 0 Å². The molecule has 0 aromatic heterocycles. The van der Waals surface area contributed by atoms with E-state index in [1.165, 1.54) is 0 Å². The van der Waals surface area contributed by atoms with Gasteiger partial charge in [-0.25, -0.2) is 0 Å². The van der Waals surface area contributed by atoms with Crippen LogP contribution in [0, 0.1) is 0 Å². The third kappa shape index (κ3) is 7200. The summed E-state index contributed by atoms with van der Waals surface area (Å²) in [5.41, 5.74) is 0. The zero-order valence-corrected chi connectivity index (χ0v) is 24.4. The fraction of sp³-hybridized carbons (Fsp3) is 0.500. The zero-order valence-electron chi connectivity index (χ0n) is 19.5. The Kier molecular flexibility index (Phi) is 228. The fourth-order valence-electron chi connectivity index (χ4n) is 0. The summed E-state index contributed by atoms with van der Waals surface area (Å²) in [6.07, 6.45) is 0. The van der Waals surface area contributed by atoms with Crippen molar-refractivity contribution in [3.8, 4) is 0 Å². The first kappa shape index (κ1) is 93.6. The predicted molar refractivity (Wildman–Crippen MR) is 108 cm³/mol. The molecule has 0 atom stereocenters. The van der Waals surface area contributed by atoms with Gasteiger partial charge in [0.2, 0.25) is 0 Å². The molecule has 3 radical (unpaired) electrons. The summed E-state index contributed by atoms with van der Waals surface area (Å²) in [4.78, 5) is 63.0. The van der Waals surface area contributed by atoms with Gasteiger partial charge in [-0.15, -0.1) is 0 Å². The van der Waals surface area contributed by atoms with Gasteiger partial charge in [-0.3, -0.25) is 33.6 Å². The normalized spacial score (nSPS) is 5.00. The molecule has 0 aliphatic rings. The van der Waals surface area contributed by atoms with Crippen LogP contribution in [0.2, 0.25) is 0 Å². The maximum Gasteiger partial charge on any atom is 0.300 e. The van der Waals surface area contributed by atoms with Gasteiger partial charge >= 0.3 is 0 Å². The summed E-state index contributed by atoms with van der Waals surface area (Å²) in [7, 11) is 0. The number of carboxylic acids is 7. The van der Waals surface area contributed by atoms with E-state index in [1.54, 1.807) is 0 Å². The quantitative estimate of drug-likeness (QED) is 0.123. The Hall–Kier alpha value is -2.00. The molecule has 227 valence electrons. The summed E-state index contributed by atoms with van der Waals surface area (Å²) in [6, 6.07) is 0. The molecule has 0 bridgehead atoms. The van der Waals surface area contributed by atoms with Gasteiger partial charge in [0.15, 0.2) is 0 Å². The Morgan fingerprint density at radius 3 is 0.286 bits per heavy atom. The van der Waals surface area contributed by atoms with Gasteiger partial charge in [0.1, 0.15) is 0 Å². The number of carbonyl (C=O) groups is 7. The summed E-state index contributed by atoms with van der Waals surface area (Å²) in [5, 5.41) is 51.9. The van der Waals surface area contributed by atoms with Gasteiger partial charge in [0.25, 0.3) is 41.8 Å². The summed E-state index contributed by atoms with van der Waals surface area (Å²) < 4.78 is 0. The molecular formula is C14H36O18Rh3. The van der Waals surface area contributed by atoms with Crippen LogP contribution in [0.25, 0.3) is 0 Å². The van der Waals surface area contributed by atoms with E-state index in [4.69, 9.17) is 69.3 Å². The third-order valence-electron chi connectivity index (χ3n) is 0. The second-order valence-electron chi connectivity index (χ2n) is 3.63. The van der Waals surface area contributed by atoms with E-state index < -0.39 is 41.8 Å². The minimum atomic E-state index is -0.833. The Morgan fingerprint density at radius 2 is 0.286 bits per heavy atom. The topological polar surface area (TPSA) is 387 Å². The molecule has 0 saturated carbocycles. The molecule has 0 unspecified atom stereocenters. The van der Waals surface area contributed by atoms with Crippen molar-refractivity contribution in [2.24, 2.45) is 0 Å². The van der Waals surface area contributed by atoms with Gasteiger partial charge in [0, 0.05) is 107 Å². The van der Waals surface area contributed by atoms with Gasteiger partial charge in [-0.1, -0.05) is 0 Å². The van der Waals surface area contributed by atoms with Gasteiger partial charge in [-0.05, 0) is 0 Å². The van der Waals surface area contributed by atoms with Crippen LogP contribution in [0.4, 0.5) is 0 Å². The molecule has 18 nitrogen and oxygen atoms in total. The predicted octanol–water partition coefficient (Wildman–Crippen LogP) is -2.67. The molecule has 0 aromatic carbocycles. The molecule has 21 heteroatoms. The summed E-state index contributed by atoms with van der Waals surface area (Å²) in [5.74, 6) is -5.83. The van der Waals surface area contributed by atoms with Crippen molar-refractivity contribution in [2.45, 2.75) is 48.5 Å². The number of carboxylic acid groups (broad SMARTS) is 7. The minimum Gasteiger partial charge on any atom is -0.481 e. The van der Waals surface area contributed by atoms with Crippen LogP contribution in [-0.4, -0.2) is 99.4 Å². The largest absolute Gasteiger partial charge is 0.481 e. The number of hydrogen-bond donors (Lipinski definition) is 7. The van der Waals surface area contributed by atoms with Crippen LogP contribution in [0.15, 0.2) is 0 Å². The van der Waals surface area contributed by atoms with Gasteiger partial charge in [-0.2, -0.15) is 0 Å². The van der Waals surface area contributed by atoms with Crippen molar-refractivity contribution in [3.63, 3.8) is 0 Å².